The summed E-state index contributed by atoms with van der Waals surface area (Å²) in [7, 11) is 0. The molecule has 0 spiro atoms. The third-order valence-corrected chi connectivity index (χ3v) is 6.01. The van der Waals surface area contributed by atoms with Crippen LogP contribution >= 0.6 is 23.6 Å². The molecule has 124 valence electrons. The molecule has 1 saturated carbocycles. The summed E-state index contributed by atoms with van der Waals surface area (Å²) in [5.74, 6) is 0.690. The Bertz CT molecular complexity index is 783. The topological polar surface area (TPSA) is 58.4 Å². The molecular formula is C17H17N3O2S2. The average Bonchev–Trinajstić information content (AvgIpc) is 3.30. The minimum Gasteiger partial charge on any atom is -0.341 e. The summed E-state index contributed by atoms with van der Waals surface area (Å²) in [6.45, 7) is 0.924. The third kappa shape index (κ3) is 2.89. The summed E-state index contributed by atoms with van der Waals surface area (Å²) in [4.78, 5) is 14.1. The fourth-order valence-electron chi connectivity index (χ4n) is 3.36. The lowest BCUT2D eigenvalue weighted by molar-refractivity contribution is -0.384. The molecular weight excluding hydrogens is 342 g/mol. The summed E-state index contributed by atoms with van der Waals surface area (Å²) < 4.78 is 0. The number of non-ortho nitro benzene ring substituents is 1. The van der Waals surface area contributed by atoms with Crippen LogP contribution in [0.5, 0.6) is 0 Å². The molecule has 7 heteroatoms. The highest BCUT2D eigenvalue weighted by molar-refractivity contribution is 7.80. The molecule has 5 nitrogen and oxygen atoms in total. The zero-order valence-electron chi connectivity index (χ0n) is 13.0. The Morgan fingerprint density at radius 2 is 2.04 bits per heavy atom. The molecule has 1 aliphatic heterocycles. The number of thiocarbonyl (C=S) groups is 1. The molecule has 2 heterocycles. The van der Waals surface area contributed by atoms with E-state index in [1.807, 2.05) is 11.3 Å². The maximum Gasteiger partial charge on any atom is 0.269 e. The summed E-state index contributed by atoms with van der Waals surface area (Å²) in [6.07, 6.45) is 3.55. The van der Waals surface area contributed by atoms with Gasteiger partial charge in [0.1, 0.15) is 0 Å². The number of nitrogens with one attached hydrogen (secondary N) is 1. The van der Waals surface area contributed by atoms with E-state index in [-0.39, 0.29) is 5.69 Å². The zero-order valence-corrected chi connectivity index (χ0v) is 14.6. The summed E-state index contributed by atoms with van der Waals surface area (Å²) in [6, 6.07) is 9.02. The van der Waals surface area contributed by atoms with Gasteiger partial charge >= 0.3 is 0 Å². The molecule has 2 aromatic rings. The average molecular weight is 359 g/mol. The summed E-state index contributed by atoms with van der Waals surface area (Å²) >= 11 is 7.49. The predicted molar refractivity (Wildman–Crippen MR) is 99.5 cm³/mol. The van der Waals surface area contributed by atoms with Crippen LogP contribution < -0.4 is 5.32 Å². The Morgan fingerprint density at radius 1 is 1.29 bits per heavy atom. The van der Waals surface area contributed by atoms with Crippen molar-refractivity contribution in [2.75, 3.05) is 11.9 Å². The minimum atomic E-state index is -0.395. The Labute approximate surface area is 149 Å². The lowest BCUT2D eigenvalue weighted by atomic mass is 9.96. The predicted octanol–water partition coefficient (Wildman–Crippen LogP) is 4.36. The number of anilines is 1. The standard InChI is InChI=1S/C17H17N3O2S2/c21-20(22)13-5-3-12(4-6-13)18-17(23)19-9-7-15-14(8-10-24-15)16(19)11-1-2-11/h3-6,8,10-11,16H,1-2,7,9H2,(H,18,23)/t16-/m0/s1. The largest absolute Gasteiger partial charge is 0.341 e. The monoisotopic (exact) mass is 359 g/mol. The minimum absolute atomic E-state index is 0.0863. The summed E-state index contributed by atoms with van der Waals surface area (Å²) in [5.41, 5.74) is 2.31. The van der Waals surface area contributed by atoms with Crippen LogP contribution in [-0.4, -0.2) is 21.5 Å². The number of hydrogen-bond acceptors (Lipinski definition) is 4. The molecule has 24 heavy (non-hydrogen) atoms. The summed E-state index contributed by atoms with van der Waals surface area (Å²) in [5, 5.41) is 16.9. The van der Waals surface area contributed by atoms with E-state index in [1.54, 1.807) is 12.1 Å². The second-order valence-electron chi connectivity index (χ2n) is 6.26. The first-order valence-electron chi connectivity index (χ1n) is 8.02. The number of benzene rings is 1. The van der Waals surface area contributed by atoms with Crippen molar-refractivity contribution in [2.45, 2.75) is 25.3 Å². The van der Waals surface area contributed by atoms with Crippen molar-refractivity contribution in [3.8, 4) is 0 Å². The van der Waals surface area contributed by atoms with Crippen molar-refractivity contribution in [1.82, 2.24) is 4.90 Å². The van der Waals surface area contributed by atoms with Gasteiger partial charge in [-0.3, -0.25) is 10.1 Å². The van der Waals surface area contributed by atoms with E-state index in [0.29, 0.717) is 17.1 Å². The van der Waals surface area contributed by atoms with Crippen LogP contribution in [0.2, 0.25) is 0 Å². The number of nitro benzene ring substituents is 1. The molecule has 4 rings (SSSR count). The highest BCUT2D eigenvalue weighted by Gasteiger charge is 2.40. The number of fused-ring (bicyclic) bond motifs is 1. The molecule has 0 radical (unpaired) electrons. The fraction of sp³-hybridized carbons (Fsp3) is 0.353. The van der Waals surface area contributed by atoms with Gasteiger partial charge in [0.2, 0.25) is 0 Å². The normalized spacial score (nSPS) is 19.7. The van der Waals surface area contributed by atoms with Gasteiger partial charge in [-0.25, -0.2) is 0 Å². The van der Waals surface area contributed by atoms with E-state index >= 15 is 0 Å². The van der Waals surface area contributed by atoms with E-state index in [1.165, 1.54) is 35.4 Å². The molecule has 0 amide bonds. The van der Waals surface area contributed by atoms with Crippen molar-refractivity contribution in [2.24, 2.45) is 5.92 Å². The first-order chi connectivity index (χ1) is 11.6. The molecule has 1 aromatic carbocycles. The molecule has 2 aliphatic rings. The number of hydrogen-bond donors (Lipinski definition) is 1. The highest BCUT2D eigenvalue weighted by atomic mass is 32.1. The van der Waals surface area contributed by atoms with Crippen LogP contribution in [0.4, 0.5) is 11.4 Å². The van der Waals surface area contributed by atoms with Gasteiger partial charge in [-0.2, -0.15) is 0 Å². The van der Waals surface area contributed by atoms with Crippen molar-refractivity contribution < 1.29 is 4.92 Å². The molecule has 1 fully saturated rings. The van der Waals surface area contributed by atoms with Crippen LogP contribution in [0.3, 0.4) is 0 Å². The first kappa shape index (κ1) is 15.5. The number of rotatable bonds is 3. The molecule has 0 bridgehead atoms. The van der Waals surface area contributed by atoms with Gasteiger partial charge in [0.25, 0.3) is 5.69 Å². The zero-order chi connectivity index (χ0) is 16.7. The number of nitrogens with zero attached hydrogens (tertiary/aromatic N) is 2. The van der Waals surface area contributed by atoms with Crippen LogP contribution in [-0.2, 0) is 6.42 Å². The van der Waals surface area contributed by atoms with Crippen LogP contribution in [0.15, 0.2) is 35.7 Å². The fourth-order valence-corrected chi connectivity index (χ4v) is 4.59. The SMILES string of the molecule is O=[N+]([O-])c1ccc(NC(=S)N2CCc3sccc3[C@@H]2C2CC2)cc1. The molecule has 1 N–H and O–H groups in total. The Morgan fingerprint density at radius 3 is 2.71 bits per heavy atom. The second kappa shape index (κ2) is 6.14. The maximum atomic E-state index is 10.8. The quantitative estimate of drug-likeness (QED) is 0.501. The van der Waals surface area contributed by atoms with Crippen molar-refractivity contribution in [3.63, 3.8) is 0 Å². The molecule has 1 atom stereocenters. The van der Waals surface area contributed by atoms with Gasteiger partial charge in [-0.1, -0.05) is 0 Å². The first-order valence-corrected chi connectivity index (χ1v) is 9.30. The lowest BCUT2D eigenvalue weighted by Gasteiger charge is -2.38. The van der Waals surface area contributed by atoms with Gasteiger partial charge in [-0.05, 0) is 66.5 Å². The van der Waals surface area contributed by atoms with Crippen molar-refractivity contribution >= 4 is 40.0 Å². The van der Waals surface area contributed by atoms with Crippen LogP contribution in [0.1, 0.15) is 29.3 Å². The van der Waals surface area contributed by atoms with E-state index in [9.17, 15) is 10.1 Å². The van der Waals surface area contributed by atoms with Gasteiger partial charge in [0, 0.05) is 29.2 Å². The molecule has 0 unspecified atom stereocenters. The van der Waals surface area contributed by atoms with E-state index in [0.717, 1.165) is 18.7 Å². The highest BCUT2D eigenvalue weighted by Crippen LogP contribution is 2.48. The maximum absolute atomic E-state index is 10.8. The van der Waals surface area contributed by atoms with Crippen molar-refractivity contribution in [1.29, 1.82) is 0 Å². The van der Waals surface area contributed by atoms with E-state index < -0.39 is 4.92 Å². The van der Waals surface area contributed by atoms with Crippen LogP contribution in [0, 0.1) is 16.0 Å². The van der Waals surface area contributed by atoms with Crippen LogP contribution in [0.25, 0.3) is 0 Å². The number of nitro groups is 1. The number of thiophene rings is 1. The third-order valence-electron chi connectivity index (χ3n) is 4.67. The van der Waals surface area contributed by atoms with Gasteiger partial charge in [-0.15, -0.1) is 11.3 Å². The smallest absolute Gasteiger partial charge is 0.269 e. The Kier molecular flexibility index (Phi) is 3.97. The Balaban J connectivity index is 1.52. The Hall–Kier alpha value is -1.99. The van der Waals surface area contributed by atoms with Gasteiger partial charge < -0.3 is 10.2 Å². The van der Waals surface area contributed by atoms with Gasteiger partial charge in [0.15, 0.2) is 5.11 Å². The second-order valence-corrected chi connectivity index (χ2v) is 7.65. The lowest BCUT2D eigenvalue weighted by Crippen LogP contribution is -2.42. The molecule has 1 aromatic heterocycles. The van der Waals surface area contributed by atoms with E-state index in [4.69, 9.17) is 12.2 Å². The van der Waals surface area contributed by atoms with Crippen molar-refractivity contribution in [3.05, 3.63) is 56.3 Å². The van der Waals surface area contributed by atoms with Gasteiger partial charge in [0.05, 0.1) is 11.0 Å². The molecule has 1 aliphatic carbocycles. The van der Waals surface area contributed by atoms with E-state index in [2.05, 4.69) is 21.7 Å². The molecule has 0 saturated heterocycles.